The second-order valence-corrected chi connectivity index (χ2v) is 10.5. The van der Waals surface area contributed by atoms with Crippen molar-refractivity contribution in [3.8, 4) is 0 Å². The Labute approximate surface area is 151 Å². The van der Waals surface area contributed by atoms with Crippen LogP contribution < -0.4 is 0 Å². The van der Waals surface area contributed by atoms with Gasteiger partial charge in [-0.1, -0.05) is 89.5 Å². The topological polar surface area (TPSA) is 0 Å². The maximum Gasteiger partial charge on any atom is 0.388 e. The van der Waals surface area contributed by atoms with Gasteiger partial charge in [-0.3, -0.25) is 0 Å². The largest absolute Gasteiger partial charge is 0.388 e. The average molecular weight is 355 g/mol. The zero-order chi connectivity index (χ0) is 20.4. The van der Waals surface area contributed by atoms with Crippen molar-refractivity contribution in [1.29, 1.82) is 0 Å². The first-order chi connectivity index (χ1) is 10.2. The van der Waals surface area contributed by atoms with Crippen LogP contribution >= 0.6 is 0 Å². The molecule has 24 heavy (non-hydrogen) atoms. The molecule has 0 saturated heterocycles. The molecule has 1 rings (SSSR count). The Hall–Kier alpha value is -0.210. The first-order valence-corrected chi connectivity index (χ1v) is 9.29. The van der Waals surface area contributed by atoms with Gasteiger partial charge < -0.3 is 0 Å². The van der Waals surface area contributed by atoms with Gasteiger partial charge in [-0.2, -0.15) is 13.2 Å². The summed E-state index contributed by atoms with van der Waals surface area (Å²) in [5.74, 6) is 1.05. The quantitative estimate of drug-likeness (QED) is 0.407. The van der Waals surface area contributed by atoms with Crippen LogP contribution in [-0.2, 0) is 0 Å². The van der Waals surface area contributed by atoms with Gasteiger partial charge in [0.1, 0.15) is 0 Å². The Kier molecular flexibility index (Phi) is 13.6. The third-order valence-electron chi connectivity index (χ3n) is 3.26. The highest BCUT2D eigenvalue weighted by Gasteiger charge is 2.33. The lowest BCUT2D eigenvalue weighted by Crippen LogP contribution is -2.06. The third kappa shape index (κ3) is 43.1. The molecule has 0 aromatic carbocycles. The highest BCUT2D eigenvalue weighted by molar-refractivity contribution is 4.84. The molecule has 0 aliphatic heterocycles. The smallest absolute Gasteiger partial charge is 0.171 e. The van der Waals surface area contributed by atoms with Crippen LogP contribution in [0, 0.1) is 22.2 Å². The number of hydrogen-bond acceptors (Lipinski definition) is 0. The number of rotatable bonds is 0. The Morgan fingerprint density at radius 3 is 0.875 bits per heavy atom. The Bertz CT molecular complexity index is 258. The third-order valence-corrected chi connectivity index (χ3v) is 3.26. The fourth-order valence-electron chi connectivity index (χ4n) is 0.949. The van der Waals surface area contributed by atoms with E-state index in [1.165, 1.54) is 19.3 Å². The highest BCUT2D eigenvalue weighted by atomic mass is 19.4. The summed E-state index contributed by atoms with van der Waals surface area (Å²) in [6, 6.07) is 0. The molecule has 0 aromatic rings. The second-order valence-electron chi connectivity index (χ2n) is 10.5. The van der Waals surface area contributed by atoms with Crippen molar-refractivity contribution in [2.75, 3.05) is 0 Å². The van der Waals surface area contributed by atoms with Crippen LogP contribution in [0.4, 0.5) is 13.2 Å². The predicted molar refractivity (Wildman–Crippen MR) is 103 cm³/mol. The Balaban J connectivity index is -0.000000247. The monoisotopic (exact) mass is 354 g/mol. The summed E-state index contributed by atoms with van der Waals surface area (Å²) in [4.78, 5) is 0. The Morgan fingerprint density at radius 2 is 0.875 bits per heavy atom. The van der Waals surface area contributed by atoms with E-state index in [4.69, 9.17) is 0 Å². The normalized spacial score (nSPS) is 15.1. The van der Waals surface area contributed by atoms with Crippen LogP contribution in [0.1, 0.15) is 109 Å². The highest BCUT2D eigenvalue weighted by Crippen LogP contribution is 2.44. The van der Waals surface area contributed by atoms with Crippen LogP contribution in [0.2, 0.25) is 0 Å². The van der Waals surface area contributed by atoms with Gasteiger partial charge in [0.05, 0.1) is 0 Å². The molecule has 0 heterocycles. The van der Waals surface area contributed by atoms with Crippen LogP contribution in [-0.4, -0.2) is 6.18 Å². The number of alkyl halides is 3. The van der Waals surface area contributed by atoms with E-state index in [0.29, 0.717) is 16.2 Å². The minimum atomic E-state index is -3.96. The fraction of sp³-hybridized carbons (Fsp3) is 1.00. The van der Waals surface area contributed by atoms with Crippen LogP contribution in [0.25, 0.3) is 0 Å². The molecular weight excluding hydrogens is 309 g/mol. The molecule has 150 valence electrons. The first-order valence-electron chi connectivity index (χ1n) is 9.29. The number of halogens is 3. The van der Waals surface area contributed by atoms with Gasteiger partial charge in [-0.25, -0.2) is 0 Å². The van der Waals surface area contributed by atoms with Gasteiger partial charge in [0, 0.05) is 6.42 Å². The summed E-state index contributed by atoms with van der Waals surface area (Å²) in [5, 5.41) is 0. The summed E-state index contributed by atoms with van der Waals surface area (Å²) in [6.07, 6.45) is -0.465. The summed E-state index contributed by atoms with van der Waals surface area (Å²) < 4.78 is 32.4. The predicted octanol–water partition coefficient (Wildman–Crippen LogP) is 8.90. The molecule has 0 unspecified atom stereocenters. The molecular formula is C21H45F3. The molecule has 0 aromatic heterocycles. The van der Waals surface area contributed by atoms with E-state index in [9.17, 15) is 13.2 Å². The molecule has 0 bridgehead atoms. The van der Waals surface area contributed by atoms with Gasteiger partial charge in [-0.15, -0.1) is 0 Å². The average Bonchev–Trinajstić information content (AvgIpc) is 3.09. The van der Waals surface area contributed by atoms with Gasteiger partial charge in [0.15, 0.2) is 0 Å². The molecule has 0 N–H and O–H groups in total. The van der Waals surface area contributed by atoms with Crippen LogP contribution in [0.3, 0.4) is 0 Å². The lowest BCUT2D eigenvalue weighted by molar-refractivity contribution is -0.130. The summed E-state index contributed by atoms with van der Waals surface area (Å²) in [7, 11) is 0. The van der Waals surface area contributed by atoms with E-state index in [2.05, 4.69) is 76.2 Å². The maximum atomic E-state index is 10.8. The lowest BCUT2D eigenvalue weighted by atomic mass is 9.91. The first kappa shape index (κ1) is 28.6. The van der Waals surface area contributed by atoms with Gasteiger partial charge in [0.2, 0.25) is 0 Å². The molecule has 1 saturated carbocycles. The van der Waals surface area contributed by atoms with Crippen molar-refractivity contribution in [2.24, 2.45) is 22.2 Å². The van der Waals surface area contributed by atoms with E-state index in [0.717, 1.165) is 12.8 Å². The van der Waals surface area contributed by atoms with Crippen molar-refractivity contribution in [1.82, 2.24) is 0 Å². The SMILES string of the molecule is CC(C)(C)C.CC(C)(C)C1CC1.CCC(C)(C)C.CCC(F)(F)F. The van der Waals surface area contributed by atoms with Gasteiger partial charge in [-0.05, 0) is 35.0 Å². The minimum absolute atomic E-state index is 0.500. The summed E-state index contributed by atoms with van der Waals surface area (Å²) >= 11 is 0. The van der Waals surface area contributed by atoms with Crippen molar-refractivity contribution < 1.29 is 13.2 Å². The van der Waals surface area contributed by atoms with E-state index in [-0.39, 0.29) is 0 Å². The maximum absolute atomic E-state index is 10.8. The lowest BCUT2D eigenvalue weighted by Gasteiger charge is -2.15. The minimum Gasteiger partial charge on any atom is -0.171 e. The van der Waals surface area contributed by atoms with E-state index in [1.807, 2.05) is 0 Å². The molecule has 3 heteroatoms. The standard InChI is InChI=1S/C7H14.C6H14.C5H12.C3H5F3/c1-7(2,3)6-4-5-6;1-5-6(2,3)4;1-5(2,3)4;1-2-3(4,5)6/h6H,4-5H2,1-3H3;5H2,1-4H3;1-4H3;2H2,1H3. The number of hydrogen-bond donors (Lipinski definition) is 0. The molecule has 1 aliphatic carbocycles. The van der Waals surface area contributed by atoms with Crippen LogP contribution in [0.15, 0.2) is 0 Å². The van der Waals surface area contributed by atoms with Crippen LogP contribution in [0.5, 0.6) is 0 Å². The molecule has 0 nitrogen and oxygen atoms in total. The molecule has 1 fully saturated rings. The summed E-state index contributed by atoms with van der Waals surface area (Å²) in [5.41, 5.74) is 1.65. The molecule has 0 spiro atoms. The molecule has 1 aliphatic rings. The molecule has 0 atom stereocenters. The van der Waals surface area contributed by atoms with Crippen molar-refractivity contribution in [3.05, 3.63) is 0 Å². The van der Waals surface area contributed by atoms with Crippen molar-refractivity contribution >= 4 is 0 Å². The van der Waals surface area contributed by atoms with E-state index >= 15 is 0 Å². The molecule has 0 amide bonds. The zero-order valence-electron chi connectivity index (χ0n) is 18.5. The van der Waals surface area contributed by atoms with E-state index in [1.54, 1.807) is 0 Å². The van der Waals surface area contributed by atoms with Crippen molar-refractivity contribution in [3.63, 3.8) is 0 Å². The van der Waals surface area contributed by atoms with E-state index < -0.39 is 12.6 Å². The fourth-order valence-corrected chi connectivity index (χ4v) is 0.949. The summed E-state index contributed by atoms with van der Waals surface area (Å²) in [6.45, 7) is 25.7. The second kappa shape index (κ2) is 11.4. The molecule has 0 radical (unpaired) electrons. The van der Waals surface area contributed by atoms with Crippen molar-refractivity contribution in [2.45, 2.75) is 115 Å². The van der Waals surface area contributed by atoms with Gasteiger partial charge in [0.25, 0.3) is 0 Å². The Morgan fingerprint density at radius 1 is 0.667 bits per heavy atom. The zero-order valence-corrected chi connectivity index (χ0v) is 18.5. The van der Waals surface area contributed by atoms with Gasteiger partial charge >= 0.3 is 6.18 Å².